The predicted molar refractivity (Wildman–Crippen MR) is 101 cm³/mol. The van der Waals surface area contributed by atoms with Gasteiger partial charge in [-0.25, -0.2) is 9.79 Å². The Bertz CT molecular complexity index is 950. The zero-order valence-electron chi connectivity index (χ0n) is 14.7. The minimum Gasteiger partial charge on any atom is -0.490 e. The third-order valence-electron chi connectivity index (χ3n) is 3.52. The lowest BCUT2D eigenvalue weighted by Gasteiger charge is -2.12. The Balaban J connectivity index is 1.97. The van der Waals surface area contributed by atoms with Gasteiger partial charge in [0, 0.05) is 12.5 Å². The molecule has 0 unspecified atom stereocenters. The van der Waals surface area contributed by atoms with E-state index in [9.17, 15) is 9.59 Å². The molecule has 1 heterocycles. The molecule has 0 spiro atoms. The van der Waals surface area contributed by atoms with Crippen molar-refractivity contribution in [3.05, 3.63) is 64.3 Å². The molecule has 3 rings (SSSR count). The van der Waals surface area contributed by atoms with Crippen LogP contribution in [-0.4, -0.2) is 24.4 Å². The largest absolute Gasteiger partial charge is 0.490 e. The minimum absolute atomic E-state index is 0.132. The first-order chi connectivity index (χ1) is 13.0. The molecule has 0 aromatic heterocycles. The molecule has 1 aliphatic rings. The zero-order valence-corrected chi connectivity index (χ0v) is 15.4. The summed E-state index contributed by atoms with van der Waals surface area (Å²) >= 11 is 6.22. The number of aliphatic imine (C=N–C) groups is 1. The number of cyclic esters (lactones) is 1. The molecule has 0 aliphatic carbocycles. The molecule has 0 amide bonds. The molecule has 7 heteroatoms. The molecule has 0 atom stereocenters. The minimum atomic E-state index is -0.563. The highest BCUT2D eigenvalue weighted by Crippen LogP contribution is 2.37. The van der Waals surface area contributed by atoms with Gasteiger partial charge in [-0.15, -0.1) is 0 Å². The highest BCUT2D eigenvalue weighted by atomic mass is 35.5. The average molecular weight is 386 g/mol. The second-order valence-corrected chi connectivity index (χ2v) is 5.97. The Morgan fingerprint density at radius 3 is 2.67 bits per heavy atom. The van der Waals surface area contributed by atoms with Crippen molar-refractivity contribution in [2.75, 3.05) is 6.61 Å². The highest BCUT2D eigenvalue weighted by molar-refractivity contribution is 6.32. The number of hydrogen-bond acceptors (Lipinski definition) is 6. The lowest BCUT2D eigenvalue weighted by Crippen LogP contribution is -2.05. The van der Waals surface area contributed by atoms with Gasteiger partial charge in [0.2, 0.25) is 5.90 Å². The molecule has 1 aliphatic heterocycles. The predicted octanol–water partition coefficient (Wildman–Crippen LogP) is 4.01. The van der Waals surface area contributed by atoms with Gasteiger partial charge in [0.15, 0.2) is 17.2 Å². The summed E-state index contributed by atoms with van der Waals surface area (Å²) in [5, 5.41) is 0.182. The van der Waals surface area contributed by atoms with Crippen molar-refractivity contribution in [3.8, 4) is 11.5 Å². The Labute approximate surface area is 161 Å². The summed E-state index contributed by atoms with van der Waals surface area (Å²) in [4.78, 5) is 27.7. The van der Waals surface area contributed by atoms with Crippen LogP contribution in [0.25, 0.3) is 6.08 Å². The molecule has 0 saturated heterocycles. The third-order valence-corrected chi connectivity index (χ3v) is 3.80. The van der Waals surface area contributed by atoms with Crippen molar-refractivity contribution < 1.29 is 23.8 Å². The molecule has 2 aromatic carbocycles. The molecule has 27 heavy (non-hydrogen) atoms. The maximum Gasteiger partial charge on any atom is 0.363 e. The van der Waals surface area contributed by atoms with E-state index in [0.29, 0.717) is 23.5 Å². The molecule has 138 valence electrons. The fourth-order valence-electron chi connectivity index (χ4n) is 2.45. The molecule has 0 bridgehead atoms. The van der Waals surface area contributed by atoms with E-state index < -0.39 is 11.9 Å². The topological polar surface area (TPSA) is 74.2 Å². The van der Waals surface area contributed by atoms with Crippen LogP contribution in [0.5, 0.6) is 11.5 Å². The van der Waals surface area contributed by atoms with Gasteiger partial charge in [0.05, 0.1) is 11.6 Å². The fraction of sp³-hybridized carbons (Fsp3) is 0.150. The van der Waals surface area contributed by atoms with Gasteiger partial charge in [-0.3, -0.25) is 4.79 Å². The van der Waals surface area contributed by atoms with E-state index in [1.54, 1.807) is 31.2 Å². The SMILES string of the molecule is CCOc1cc(/C=C2\N=C(c3ccccc3)OC2=O)cc(Cl)c1OC(C)=O. The van der Waals surface area contributed by atoms with Gasteiger partial charge in [-0.2, -0.15) is 0 Å². The number of carbonyl (C=O) groups is 2. The van der Waals surface area contributed by atoms with Crippen LogP contribution in [0.4, 0.5) is 0 Å². The van der Waals surface area contributed by atoms with E-state index in [-0.39, 0.29) is 22.4 Å². The van der Waals surface area contributed by atoms with E-state index in [0.717, 1.165) is 0 Å². The Kier molecular flexibility index (Phi) is 5.57. The summed E-state index contributed by atoms with van der Waals surface area (Å²) in [5.41, 5.74) is 1.39. The molecule has 0 fully saturated rings. The number of hydrogen-bond donors (Lipinski definition) is 0. The molecule has 0 N–H and O–H groups in total. The highest BCUT2D eigenvalue weighted by Gasteiger charge is 2.24. The van der Waals surface area contributed by atoms with Crippen LogP contribution in [0.2, 0.25) is 5.02 Å². The fourth-order valence-corrected chi connectivity index (χ4v) is 2.71. The summed E-state index contributed by atoms with van der Waals surface area (Å²) in [6, 6.07) is 12.3. The molecule has 0 radical (unpaired) electrons. The smallest absolute Gasteiger partial charge is 0.363 e. The van der Waals surface area contributed by atoms with E-state index in [2.05, 4.69) is 4.99 Å². The van der Waals surface area contributed by atoms with Gasteiger partial charge in [-0.05, 0) is 42.8 Å². The summed E-state index contributed by atoms with van der Waals surface area (Å²) in [5.74, 6) is -0.409. The van der Waals surface area contributed by atoms with E-state index in [4.69, 9.17) is 25.8 Å². The second-order valence-electron chi connectivity index (χ2n) is 5.56. The molecule has 2 aromatic rings. The van der Waals surface area contributed by atoms with Crippen molar-refractivity contribution in [1.29, 1.82) is 0 Å². The Morgan fingerprint density at radius 1 is 1.26 bits per heavy atom. The van der Waals surface area contributed by atoms with Crippen LogP contribution in [-0.2, 0) is 14.3 Å². The van der Waals surface area contributed by atoms with Crippen LogP contribution in [0, 0.1) is 0 Å². The quantitative estimate of drug-likeness (QED) is 0.441. The first-order valence-electron chi connectivity index (χ1n) is 8.20. The zero-order chi connectivity index (χ0) is 19.4. The Morgan fingerprint density at radius 2 is 2.00 bits per heavy atom. The van der Waals surface area contributed by atoms with Gasteiger partial charge < -0.3 is 14.2 Å². The normalized spacial score (nSPS) is 14.7. The van der Waals surface area contributed by atoms with Gasteiger partial charge >= 0.3 is 11.9 Å². The van der Waals surface area contributed by atoms with Crippen molar-refractivity contribution in [2.24, 2.45) is 4.99 Å². The van der Waals surface area contributed by atoms with E-state index in [1.165, 1.54) is 13.0 Å². The summed E-state index contributed by atoms with van der Waals surface area (Å²) in [7, 11) is 0. The van der Waals surface area contributed by atoms with Crippen LogP contribution >= 0.6 is 11.6 Å². The number of halogens is 1. The summed E-state index contributed by atoms with van der Waals surface area (Å²) < 4.78 is 15.8. The Hall–Kier alpha value is -3.12. The molecular formula is C20H16ClNO5. The van der Waals surface area contributed by atoms with Gasteiger partial charge in [-0.1, -0.05) is 29.8 Å². The first kappa shape index (κ1) is 18.7. The molecule has 0 saturated carbocycles. The third kappa shape index (κ3) is 4.35. The number of nitrogens with zero attached hydrogens (tertiary/aromatic N) is 1. The van der Waals surface area contributed by atoms with Gasteiger partial charge in [0.1, 0.15) is 0 Å². The van der Waals surface area contributed by atoms with Crippen molar-refractivity contribution in [1.82, 2.24) is 0 Å². The van der Waals surface area contributed by atoms with Crippen LogP contribution in [0.15, 0.2) is 53.2 Å². The van der Waals surface area contributed by atoms with Crippen LogP contribution in [0.3, 0.4) is 0 Å². The molecule has 6 nitrogen and oxygen atoms in total. The number of rotatable bonds is 5. The maximum atomic E-state index is 12.1. The van der Waals surface area contributed by atoms with Crippen LogP contribution < -0.4 is 9.47 Å². The first-order valence-corrected chi connectivity index (χ1v) is 8.58. The van der Waals surface area contributed by atoms with Crippen molar-refractivity contribution in [2.45, 2.75) is 13.8 Å². The number of ether oxygens (including phenoxy) is 3. The number of benzene rings is 2. The standard InChI is InChI=1S/C20H16ClNO5/c1-3-25-17-11-13(9-15(21)18(17)26-12(2)23)10-16-20(24)27-19(22-16)14-7-5-4-6-8-14/h4-11H,3H2,1-2H3/b16-10-. The van der Waals surface area contributed by atoms with E-state index >= 15 is 0 Å². The van der Waals surface area contributed by atoms with Gasteiger partial charge in [0.25, 0.3) is 0 Å². The van der Waals surface area contributed by atoms with Crippen LogP contribution in [0.1, 0.15) is 25.0 Å². The van der Waals surface area contributed by atoms with E-state index in [1.807, 2.05) is 18.2 Å². The lowest BCUT2D eigenvalue weighted by molar-refractivity contribution is -0.132. The maximum absolute atomic E-state index is 12.1. The number of carbonyl (C=O) groups excluding carboxylic acids is 2. The average Bonchev–Trinajstić information content (AvgIpc) is 2.99. The number of esters is 2. The lowest BCUT2D eigenvalue weighted by atomic mass is 10.1. The molecular weight excluding hydrogens is 370 g/mol. The second kappa shape index (κ2) is 8.05. The summed E-state index contributed by atoms with van der Waals surface area (Å²) in [6.45, 7) is 3.42. The van der Waals surface area contributed by atoms with Crippen molar-refractivity contribution in [3.63, 3.8) is 0 Å². The summed E-state index contributed by atoms with van der Waals surface area (Å²) in [6.07, 6.45) is 1.53. The monoisotopic (exact) mass is 385 g/mol. The van der Waals surface area contributed by atoms with Crippen molar-refractivity contribution >= 4 is 35.5 Å².